The van der Waals surface area contributed by atoms with Crippen LogP contribution >= 0.6 is 0 Å². The van der Waals surface area contributed by atoms with Crippen LogP contribution in [-0.2, 0) is 9.53 Å². The number of carbonyl (C=O) groups is 1. The number of nitro benzene ring substituents is 1. The average molecular weight is 471 g/mol. The molecule has 7 heteroatoms. The Morgan fingerprint density at radius 3 is 2.21 bits per heavy atom. The van der Waals surface area contributed by atoms with Crippen molar-refractivity contribution in [3.63, 3.8) is 0 Å². The molecule has 0 saturated carbocycles. The number of ether oxygens (including phenoxy) is 1. The van der Waals surface area contributed by atoms with E-state index in [2.05, 4.69) is 58.2 Å². The molecule has 0 aliphatic rings. The monoisotopic (exact) mass is 470 g/mol. The maximum atomic E-state index is 12.2. The lowest BCUT2D eigenvalue weighted by molar-refractivity contribution is -0.384. The summed E-state index contributed by atoms with van der Waals surface area (Å²) in [5.41, 5.74) is 3.54. The summed E-state index contributed by atoms with van der Waals surface area (Å²) in [6, 6.07) is 6.79. The van der Waals surface area contributed by atoms with Gasteiger partial charge in [0.25, 0.3) is 5.69 Å². The molecule has 0 saturated heterocycles. The van der Waals surface area contributed by atoms with Gasteiger partial charge in [0.1, 0.15) is 0 Å². The Balaban J connectivity index is 2.69. The Kier molecular flexibility index (Phi) is 9.22. The van der Waals surface area contributed by atoms with Gasteiger partial charge in [0.2, 0.25) is 0 Å². The van der Waals surface area contributed by atoms with Crippen LogP contribution in [0.4, 0.5) is 5.69 Å². The highest BCUT2D eigenvalue weighted by atomic mass is 28.3. The number of benzene rings is 1. The number of unbranched alkanes of at least 4 members (excludes halogenated alkanes) is 1. The van der Waals surface area contributed by atoms with Crippen molar-refractivity contribution < 1.29 is 14.5 Å². The number of nitro groups is 1. The van der Waals surface area contributed by atoms with Gasteiger partial charge < -0.3 is 8.97 Å². The first kappa shape index (κ1) is 26.6. The summed E-state index contributed by atoms with van der Waals surface area (Å²) >= 11 is 0. The number of hydrogen-bond acceptors (Lipinski definition) is 4. The normalized spacial score (nSPS) is 12.3. The van der Waals surface area contributed by atoms with E-state index in [-0.39, 0.29) is 10.6 Å². The van der Waals surface area contributed by atoms with E-state index in [1.165, 1.54) is 12.1 Å². The van der Waals surface area contributed by atoms with Crippen molar-refractivity contribution in [2.24, 2.45) is 0 Å². The molecule has 0 aliphatic heterocycles. The van der Waals surface area contributed by atoms with Crippen LogP contribution in [-0.4, -0.2) is 30.0 Å². The Labute approximate surface area is 198 Å². The maximum absolute atomic E-state index is 12.2. The van der Waals surface area contributed by atoms with Gasteiger partial charge in [0.15, 0.2) is 8.24 Å². The van der Waals surface area contributed by atoms with Gasteiger partial charge in [0.05, 0.1) is 17.1 Å². The molecule has 180 valence electrons. The van der Waals surface area contributed by atoms with Crippen LogP contribution in [0.1, 0.15) is 66.9 Å². The number of aromatic nitrogens is 1. The highest BCUT2D eigenvalue weighted by molar-refractivity contribution is 6.82. The largest absolute Gasteiger partial charge is 0.463 e. The summed E-state index contributed by atoms with van der Waals surface area (Å²) in [6.07, 6.45) is 9.08. The lowest BCUT2D eigenvalue weighted by atomic mass is 10.0. The molecule has 0 radical (unpaired) electrons. The molecule has 2 aromatic rings. The molecule has 0 N–H and O–H groups in total. The summed E-state index contributed by atoms with van der Waals surface area (Å²) in [7, 11) is -2.08. The van der Waals surface area contributed by atoms with Crippen LogP contribution in [0.2, 0.25) is 16.6 Å². The number of nitrogens with zero attached hydrogens (tertiary/aromatic N) is 2. The zero-order valence-corrected chi connectivity index (χ0v) is 22.0. The first-order chi connectivity index (χ1) is 15.6. The van der Waals surface area contributed by atoms with Crippen LogP contribution in [0, 0.1) is 10.1 Å². The standard InChI is InChI=1S/C26H38N2O4Si/c1-8-9-16-32-26(29)15-14-22-17-27(33(19(2)3,20(4)5)21(6)7)18-24(22)23-12-10-11-13-25(23)28(30)31/h10-15,17-21H,8-9,16H2,1-7H3/b15-14+. The maximum Gasteiger partial charge on any atom is 0.330 e. The number of esters is 1. The lowest BCUT2D eigenvalue weighted by Gasteiger charge is -2.44. The van der Waals surface area contributed by atoms with E-state index in [0.717, 1.165) is 24.0 Å². The molecular formula is C26H38N2O4Si. The molecule has 2 rings (SSSR count). The second-order valence-electron chi connectivity index (χ2n) is 9.51. The second kappa shape index (κ2) is 11.5. The first-order valence-corrected chi connectivity index (χ1v) is 14.1. The van der Waals surface area contributed by atoms with Crippen LogP contribution in [0.5, 0.6) is 0 Å². The number of hydrogen-bond donors (Lipinski definition) is 0. The van der Waals surface area contributed by atoms with Crippen LogP contribution in [0.25, 0.3) is 17.2 Å². The molecule has 1 heterocycles. The first-order valence-electron chi connectivity index (χ1n) is 11.9. The van der Waals surface area contributed by atoms with Crippen LogP contribution in [0.15, 0.2) is 42.7 Å². The van der Waals surface area contributed by atoms with Crippen molar-refractivity contribution in [3.05, 3.63) is 58.4 Å². The molecule has 6 nitrogen and oxygen atoms in total. The topological polar surface area (TPSA) is 74.4 Å². The van der Waals surface area contributed by atoms with E-state index in [0.29, 0.717) is 28.8 Å². The fourth-order valence-electron chi connectivity index (χ4n) is 5.33. The van der Waals surface area contributed by atoms with E-state index in [4.69, 9.17) is 4.74 Å². The van der Waals surface area contributed by atoms with Crippen molar-refractivity contribution >= 4 is 26.0 Å². The summed E-state index contributed by atoms with van der Waals surface area (Å²) in [6.45, 7) is 16.1. The molecule has 1 aromatic carbocycles. The highest BCUT2D eigenvalue weighted by Crippen LogP contribution is 2.44. The van der Waals surface area contributed by atoms with Gasteiger partial charge in [-0.1, -0.05) is 67.0 Å². The number of rotatable bonds is 11. The minimum Gasteiger partial charge on any atom is -0.463 e. The average Bonchev–Trinajstić information content (AvgIpc) is 3.16. The van der Waals surface area contributed by atoms with Crippen molar-refractivity contribution in [3.8, 4) is 11.1 Å². The predicted molar refractivity (Wildman–Crippen MR) is 138 cm³/mol. The Hall–Kier alpha value is -2.67. The third-order valence-electron chi connectivity index (χ3n) is 6.61. The molecule has 33 heavy (non-hydrogen) atoms. The lowest BCUT2D eigenvalue weighted by Crippen LogP contribution is -2.51. The minimum atomic E-state index is -2.08. The van der Waals surface area contributed by atoms with Crippen molar-refractivity contribution in [1.82, 2.24) is 4.23 Å². The van der Waals surface area contributed by atoms with Gasteiger partial charge in [-0.2, -0.15) is 0 Å². The minimum absolute atomic E-state index is 0.0568. The fraction of sp³-hybridized carbons (Fsp3) is 0.500. The van der Waals surface area contributed by atoms with Gasteiger partial charge in [-0.3, -0.25) is 10.1 Å². The van der Waals surface area contributed by atoms with Crippen molar-refractivity contribution in [2.75, 3.05) is 6.61 Å². The zero-order valence-electron chi connectivity index (χ0n) is 21.0. The molecule has 0 atom stereocenters. The van der Waals surface area contributed by atoms with Gasteiger partial charge in [0, 0.05) is 30.1 Å². The summed E-state index contributed by atoms with van der Waals surface area (Å²) in [4.78, 5) is 23.6. The predicted octanol–water partition coefficient (Wildman–Crippen LogP) is 7.44. The van der Waals surface area contributed by atoms with E-state index in [9.17, 15) is 14.9 Å². The fourth-order valence-corrected chi connectivity index (χ4v) is 11.8. The van der Waals surface area contributed by atoms with E-state index < -0.39 is 14.2 Å². The molecule has 0 spiro atoms. The summed E-state index contributed by atoms with van der Waals surface area (Å²) in [5, 5.41) is 11.8. The number of carbonyl (C=O) groups excluding carboxylic acids is 1. The van der Waals surface area contributed by atoms with Crippen LogP contribution in [0.3, 0.4) is 0 Å². The van der Waals surface area contributed by atoms with Gasteiger partial charge in [-0.05, 0) is 40.8 Å². The summed E-state index contributed by atoms with van der Waals surface area (Å²) < 4.78 is 7.62. The Morgan fingerprint density at radius 1 is 1.06 bits per heavy atom. The zero-order chi connectivity index (χ0) is 24.8. The summed E-state index contributed by atoms with van der Waals surface area (Å²) in [5.74, 6) is -0.398. The number of para-hydroxylation sites is 1. The van der Waals surface area contributed by atoms with Gasteiger partial charge in [-0.15, -0.1) is 0 Å². The van der Waals surface area contributed by atoms with E-state index in [1.807, 2.05) is 13.0 Å². The van der Waals surface area contributed by atoms with Crippen LogP contribution < -0.4 is 0 Å². The molecule has 0 aliphatic carbocycles. The second-order valence-corrected chi connectivity index (χ2v) is 15.3. The van der Waals surface area contributed by atoms with E-state index >= 15 is 0 Å². The van der Waals surface area contributed by atoms with E-state index in [1.54, 1.807) is 18.2 Å². The van der Waals surface area contributed by atoms with Gasteiger partial charge >= 0.3 is 5.97 Å². The van der Waals surface area contributed by atoms with Crippen molar-refractivity contribution in [1.29, 1.82) is 0 Å². The third-order valence-corrected chi connectivity index (χ3v) is 13.3. The van der Waals surface area contributed by atoms with Gasteiger partial charge in [-0.25, -0.2) is 4.79 Å². The molecule has 0 amide bonds. The molecule has 0 unspecified atom stereocenters. The smallest absolute Gasteiger partial charge is 0.330 e. The molecule has 0 bridgehead atoms. The SMILES string of the molecule is CCCCOC(=O)/C=C/c1cn([Si](C(C)C)(C(C)C)C(C)C)cc1-c1ccccc1[N+](=O)[O-]. The molecule has 1 aromatic heterocycles. The molecular weight excluding hydrogens is 432 g/mol. The third kappa shape index (κ3) is 5.64. The molecule has 0 fully saturated rings. The Morgan fingerprint density at radius 2 is 1.67 bits per heavy atom. The highest BCUT2D eigenvalue weighted by Gasteiger charge is 2.45. The Bertz CT molecular complexity index is 970. The quantitative estimate of drug-likeness (QED) is 0.0854. The van der Waals surface area contributed by atoms with Crippen molar-refractivity contribution in [2.45, 2.75) is 77.9 Å².